The Morgan fingerprint density at radius 1 is 1.50 bits per heavy atom. The van der Waals surface area contributed by atoms with Crippen molar-refractivity contribution in [3.8, 4) is 0 Å². The normalized spacial score (nSPS) is 20.6. The molecule has 0 amide bonds. The molecule has 0 spiro atoms. The van der Waals surface area contributed by atoms with Gasteiger partial charge in [0.2, 0.25) is 0 Å². The van der Waals surface area contributed by atoms with E-state index in [4.69, 9.17) is 4.74 Å². The molecule has 0 aromatic rings. The van der Waals surface area contributed by atoms with E-state index in [9.17, 15) is 9.00 Å². The molecule has 1 rings (SSSR count). The van der Waals surface area contributed by atoms with Crippen LogP contribution in [0.2, 0.25) is 0 Å². The van der Waals surface area contributed by atoms with Crippen molar-refractivity contribution < 1.29 is 18.5 Å². The highest BCUT2D eigenvalue weighted by molar-refractivity contribution is 7.86. The number of methoxy groups -OCH3 is 1. The monoisotopic (exact) mass is 220 g/mol. The Balaban J connectivity index is 2.29. The van der Waals surface area contributed by atoms with Crippen LogP contribution in [0.15, 0.2) is 0 Å². The summed E-state index contributed by atoms with van der Waals surface area (Å²) in [6, 6.07) is 0. The first kappa shape index (κ1) is 11.8. The highest BCUT2D eigenvalue weighted by Crippen LogP contribution is 2.13. The van der Waals surface area contributed by atoms with Gasteiger partial charge in [-0.15, -0.1) is 0 Å². The lowest BCUT2D eigenvalue weighted by atomic mass is 10.2. The molecule has 0 aromatic heterocycles. The van der Waals surface area contributed by atoms with Gasteiger partial charge in [-0.2, -0.15) is 0 Å². The molecule has 0 aliphatic carbocycles. The molecule has 5 heteroatoms. The maximum Gasteiger partial charge on any atom is 0.170 e. The minimum absolute atomic E-state index is 0.0644. The third-order valence-corrected chi connectivity index (χ3v) is 3.97. The lowest BCUT2D eigenvalue weighted by Gasteiger charge is -2.20. The molecule has 0 aromatic carbocycles. The van der Waals surface area contributed by atoms with E-state index < -0.39 is 10.8 Å². The Morgan fingerprint density at radius 2 is 2.14 bits per heavy atom. The highest BCUT2D eigenvalue weighted by atomic mass is 32.2. The van der Waals surface area contributed by atoms with E-state index in [1.165, 1.54) is 7.11 Å². The van der Waals surface area contributed by atoms with Gasteiger partial charge >= 0.3 is 0 Å². The van der Waals surface area contributed by atoms with Crippen molar-refractivity contribution in [2.75, 3.05) is 32.7 Å². The van der Waals surface area contributed by atoms with Gasteiger partial charge in [0, 0.05) is 36.4 Å². The van der Waals surface area contributed by atoms with Gasteiger partial charge in [0.15, 0.2) is 5.78 Å². The average Bonchev–Trinajstić information content (AvgIpc) is 2.19. The van der Waals surface area contributed by atoms with Gasteiger partial charge in [0.25, 0.3) is 0 Å². The molecule has 82 valence electrons. The third-order valence-electron chi connectivity index (χ3n) is 2.15. The topological polar surface area (TPSA) is 52.6 Å². The first-order valence-corrected chi connectivity index (χ1v) is 6.08. The molecule has 0 bridgehead atoms. The van der Waals surface area contributed by atoms with Crippen LogP contribution in [0.4, 0.5) is 0 Å². The first-order chi connectivity index (χ1) is 6.74. The molecule has 1 fully saturated rings. The van der Waals surface area contributed by atoms with Gasteiger partial charge in [0.05, 0.1) is 5.75 Å². The molecule has 1 saturated heterocycles. The molecule has 1 unspecified atom stereocenters. The number of hydrogen-bond acceptors (Lipinski definition) is 4. The summed E-state index contributed by atoms with van der Waals surface area (Å²) in [7, 11) is 0.420. The first-order valence-electron chi connectivity index (χ1n) is 4.69. The van der Waals surface area contributed by atoms with Crippen LogP contribution in [0.25, 0.3) is 0 Å². The second-order valence-electron chi connectivity index (χ2n) is 3.31. The number of rotatable bonds is 5. The minimum atomic E-state index is -1.05. The molecule has 1 atom stereocenters. The van der Waals surface area contributed by atoms with E-state index in [2.05, 4.69) is 4.74 Å². The molecule has 14 heavy (non-hydrogen) atoms. The largest absolute Gasteiger partial charge is 0.381 e. The summed E-state index contributed by atoms with van der Waals surface area (Å²) in [4.78, 5) is 11.1. The van der Waals surface area contributed by atoms with E-state index in [-0.39, 0.29) is 23.4 Å². The standard InChI is InChI=1S/C9H16O4S/c1-12-6-8(10)7-14(11)9-2-4-13-5-3-9/h9H,2-7H2,1H3. The number of carbonyl (C=O) groups is 1. The van der Waals surface area contributed by atoms with Crippen LogP contribution in [-0.2, 0) is 25.1 Å². The van der Waals surface area contributed by atoms with Crippen molar-refractivity contribution in [1.29, 1.82) is 0 Å². The molecular weight excluding hydrogens is 204 g/mol. The zero-order valence-electron chi connectivity index (χ0n) is 8.36. The number of ether oxygens (including phenoxy) is 2. The summed E-state index contributed by atoms with van der Waals surface area (Å²) in [5.74, 6) is 0.0377. The SMILES string of the molecule is COCC(=O)CS(=O)C1CCOCC1. The maximum atomic E-state index is 11.7. The van der Waals surface area contributed by atoms with Gasteiger partial charge in [0.1, 0.15) is 6.61 Å². The van der Waals surface area contributed by atoms with Crippen LogP contribution in [-0.4, -0.2) is 47.9 Å². The maximum absolute atomic E-state index is 11.7. The van der Waals surface area contributed by atoms with Crippen molar-refractivity contribution in [3.05, 3.63) is 0 Å². The molecule has 1 heterocycles. The smallest absolute Gasteiger partial charge is 0.170 e. The Hall–Kier alpha value is -0.260. The summed E-state index contributed by atoms with van der Waals surface area (Å²) >= 11 is 0. The summed E-state index contributed by atoms with van der Waals surface area (Å²) < 4.78 is 21.5. The Bertz CT molecular complexity index is 211. The number of hydrogen-bond donors (Lipinski definition) is 0. The highest BCUT2D eigenvalue weighted by Gasteiger charge is 2.21. The molecular formula is C9H16O4S. The van der Waals surface area contributed by atoms with Gasteiger partial charge in [-0.3, -0.25) is 9.00 Å². The Kier molecular flexibility index (Phi) is 5.29. The van der Waals surface area contributed by atoms with Crippen LogP contribution in [0.3, 0.4) is 0 Å². The molecule has 4 nitrogen and oxygen atoms in total. The molecule has 0 radical (unpaired) electrons. The van der Waals surface area contributed by atoms with E-state index in [1.54, 1.807) is 0 Å². The molecule has 1 aliphatic rings. The van der Waals surface area contributed by atoms with Gasteiger partial charge in [-0.25, -0.2) is 0 Å². The lowest BCUT2D eigenvalue weighted by molar-refractivity contribution is -0.120. The van der Waals surface area contributed by atoms with Crippen molar-refractivity contribution in [2.45, 2.75) is 18.1 Å². The second kappa shape index (κ2) is 6.27. The van der Waals surface area contributed by atoms with Crippen LogP contribution in [0, 0.1) is 0 Å². The second-order valence-corrected chi connectivity index (χ2v) is 5.03. The van der Waals surface area contributed by atoms with Gasteiger partial charge in [-0.05, 0) is 12.8 Å². The predicted molar refractivity (Wildman–Crippen MR) is 53.7 cm³/mol. The average molecular weight is 220 g/mol. The van der Waals surface area contributed by atoms with Crippen LogP contribution >= 0.6 is 0 Å². The quantitative estimate of drug-likeness (QED) is 0.661. The van der Waals surface area contributed by atoms with E-state index in [0.717, 1.165) is 12.8 Å². The fourth-order valence-electron chi connectivity index (χ4n) is 1.42. The summed E-state index contributed by atoms with van der Waals surface area (Å²) in [5, 5.41) is 0.129. The van der Waals surface area contributed by atoms with E-state index >= 15 is 0 Å². The van der Waals surface area contributed by atoms with Crippen LogP contribution in [0.5, 0.6) is 0 Å². The Morgan fingerprint density at radius 3 is 2.71 bits per heavy atom. The van der Waals surface area contributed by atoms with Crippen molar-refractivity contribution in [2.24, 2.45) is 0 Å². The van der Waals surface area contributed by atoms with Crippen molar-refractivity contribution >= 4 is 16.6 Å². The number of Topliss-reactive ketones (excluding diaryl/α,β-unsaturated/α-hetero) is 1. The zero-order chi connectivity index (χ0) is 10.4. The summed E-state index contributed by atoms with van der Waals surface area (Å²) in [6.07, 6.45) is 1.60. The summed E-state index contributed by atoms with van der Waals surface area (Å²) in [6.45, 7) is 1.39. The molecule has 1 aliphatic heterocycles. The number of ketones is 1. The fraction of sp³-hybridized carbons (Fsp3) is 0.889. The molecule has 0 N–H and O–H groups in total. The van der Waals surface area contributed by atoms with Gasteiger partial charge < -0.3 is 9.47 Å². The van der Waals surface area contributed by atoms with E-state index in [1.807, 2.05) is 0 Å². The minimum Gasteiger partial charge on any atom is -0.381 e. The lowest BCUT2D eigenvalue weighted by Crippen LogP contribution is -2.29. The van der Waals surface area contributed by atoms with Crippen LogP contribution in [0.1, 0.15) is 12.8 Å². The summed E-state index contributed by atoms with van der Waals surface area (Å²) in [5.41, 5.74) is 0. The fourth-order valence-corrected chi connectivity index (χ4v) is 2.77. The van der Waals surface area contributed by atoms with E-state index in [0.29, 0.717) is 13.2 Å². The zero-order valence-corrected chi connectivity index (χ0v) is 9.18. The van der Waals surface area contributed by atoms with Crippen molar-refractivity contribution in [1.82, 2.24) is 0 Å². The predicted octanol–water partition coefficient (Wildman–Crippen LogP) is 0.130. The van der Waals surface area contributed by atoms with Crippen molar-refractivity contribution in [3.63, 3.8) is 0 Å². The van der Waals surface area contributed by atoms with Crippen LogP contribution < -0.4 is 0 Å². The number of carbonyl (C=O) groups excluding carboxylic acids is 1. The molecule has 0 saturated carbocycles. The Labute approximate surface area is 86.4 Å². The van der Waals surface area contributed by atoms with Gasteiger partial charge in [-0.1, -0.05) is 0 Å². The third kappa shape index (κ3) is 3.86.